The number of carboxylic acids is 1. The lowest BCUT2D eigenvalue weighted by molar-refractivity contribution is -0.136. The Labute approximate surface area is 215 Å². The standard InChI is InChI=1S/C31H28N2O4/c1-19-10-24(8-9-33-19)23-6-7-26(16-30(34)35)29(15-23)36-18-22-13-27-11-20(2)37-31(27)28(14-22)25-5-3-4-21(12-25)17-32/h3-15H,16-18,32H2,1-2H3,(H,34,35). The zero-order valence-electron chi connectivity index (χ0n) is 20.8. The van der Waals surface area contributed by atoms with E-state index in [2.05, 4.69) is 23.2 Å². The van der Waals surface area contributed by atoms with Crippen LogP contribution in [0.3, 0.4) is 0 Å². The second-order valence-corrected chi connectivity index (χ2v) is 9.19. The van der Waals surface area contributed by atoms with Crippen molar-refractivity contribution >= 4 is 16.9 Å². The Morgan fingerprint density at radius 2 is 1.78 bits per heavy atom. The minimum absolute atomic E-state index is 0.123. The first-order valence-corrected chi connectivity index (χ1v) is 12.1. The Morgan fingerprint density at radius 1 is 0.946 bits per heavy atom. The fraction of sp³-hybridized carbons (Fsp3) is 0.161. The van der Waals surface area contributed by atoms with Crippen molar-refractivity contribution in [3.8, 4) is 28.0 Å². The van der Waals surface area contributed by atoms with Crippen LogP contribution >= 0.6 is 0 Å². The fourth-order valence-corrected chi connectivity index (χ4v) is 4.57. The molecule has 0 amide bonds. The highest BCUT2D eigenvalue weighted by Crippen LogP contribution is 2.34. The van der Waals surface area contributed by atoms with Crippen molar-refractivity contribution < 1.29 is 19.1 Å². The Morgan fingerprint density at radius 3 is 2.57 bits per heavy atom. The number of ether oxygens (including phenoxy) is 1. The van der Waals surface area contributed by atoms with Crippen molar-refractivity contribution in [2.45, 2.75) is 33.4 Å². The third-order valence-corrected chi connectivity index (χ3v) is 6.31. The van der Waals surface area contributed by atoms with Gasteiger partial charge in [-0.25, -0.2) is 0 Å². The first kappa shape index (κ1) is 24.3. The zero-order valence-corrected chi connectivity index (χ0v) is 20.8. The van der Waals surface area contributed by atoms with Crippen LogP contribution in [-0.2, 0) is 24.4 Å². The second-order valence-electron chi connectivity index (χ2n) is 9.19. The first-order valence-electron chi connectivity index (χ1n) is 12.1. The van der Waals surface area contributed by atoms with Crippen LogP contribution in [0.4, 0.5) is 0 Å². The third kappa shape index (κ3) is 5.39. The maximum absolute atomic E-state index is 11.5. The summed E-state index contributed by atoms with van der Waals surface area (Å²) in [5, 5.41) is 10.4. The molecule has 0 aliphatic rings. The van der Waals surface area contributed by atoms with Crippen molar-refractivity contribution in [3.05, 3.63) is 107 Å². The summed E-state index contributed by atoms with van der Waals surface area (Å²) < 4.78 is 12.3. The average Bonchev–Trinajstić information content (AvgIpc) is 3.27. The summed E-state index contributed by atoms with van der Waals surface area (Å²) in [5.74, 6) is 0.465. The molecule has 3 aromatic carbocycles. The minimum atomic E-state index is -0.908. The lowest BCUT2D eigenvalue weighted by atomic mass is 9.99. The van der Waals surface area contributed by atoms with Gasteiger partial charge in [0.25, 0.3) is 0 Å². The van der Waals surface area contributed by atoms with Crippen LogP contribution in [0, 0.1) is 13.8 Å². The van der Waals surface area contributed by atoms with Gasteiger partial charge in [-0.15, -0.1) is 0 Å². The summed E-state index contributed by atoms with van der Waals surface area (Å²) in [6, 6.07) is 23.8. The van der Waals surface area contributed by atoms with E-state index in [1.807, 2.05) is 68.4 Å². The molecule has 5 aromatic rings. The molecule has 0 bridgehead atoms. The van der Waals surface area contributed by atoms with E-state index < -0.39 is 5.97 Å². The topological polar surface area (TPSA) is 98.6 Å². The summed E-state index contributed by atoms with van der Waals surface area (Å²) in [4.78, 5) is 15.8. The van der Waals surface area contributed by atoms with Gasteiger partial charge < -0.3 is 20.0 Å². The van der Waals surface area contributed by atoms with E-state index in [0.717, 1.165) is 55.8 Å². The predicted molar refractivity (Wildman–Crippen MR) is 144 cm³/mol. The molecule has 186 valence electrons. The van der Waals surface area contributed by atoms with Gasteiger partial charge in [-0.1, -0.05) is 30.3 Å². The number of carboxylic acid groups (broad SMARTS) is 1. The molecule has 0 atom stereocenters. The van der Waals surface area contributed by atoms with Crippen LogP contribution in [0.1, 0.15) is 28.1 Å². The number of pyridine rings is 1. The smallest absolute Gasteiger partial charge is 0.307 e. The summed E-state index contributed by atoms with van der Waals surface area (Å²) in [7, 11) is 0. The number of hydrogen-bond donors (Lipinski definition) is 2. The molecule has 0 spiro atoms. The number of benzene rings is 3. The molecule has 6 nitrogen and oxygen atoms in total. The molecular formula is C31H28N2O4. The largest absolute Gasteiger partial charge is 0.489 e. The molecule has 37 heavy (non-hydrogen) atoms. The van der Waals surface area contributed by atoms with Crippen LogP contribution in [0.5, 0.6) is 5.75 Å². The van der Waals surface area contributed by atoms with Crippen LogP contribution in [0.15, 0.2) is 83.4 Å². The number of fused-ring (bicyclic) bond motifs is 1. The summed E-state index contributed by atoms with van der Waals surface area (Å²) >= 11 is 0. The summed E-state index contributed by atoms with van der Waals surface area (Å²) in [6.45, 7) is 4.60. The van der Waals surface area contributed by atoms with Gasteiger partial charge in [0.1, 0.15) is 23.7 Å². The lowest BCUT2D eigenvalue weighted by Gasteiger charge is -2.14. The number of hydrogen-bond acceptors (Lipinski definition) is 5. The van der Waals surface area contributed by atoms with E-state index in [1.165, 1.54) is 0 Å². The predicted octanol–water partition coefficient (Wildman–Crippen LogP) is 6.44. The van der Waals surface area contributed by atoms with Gasteiger partial charge in [0, 0.05) is 34.9 Å². The van der Waals surface area contributed by atoms with E-state index in [-0.39, 0.29) is 13.0 Å². The molecule has 0 unspecified atom stereocenters. The molecule has 0 aliphatic heterocycles. The number of furan rings is 1. The highest BCUT2D eigenvalue weighted by molar-refractivity contribution is 5.93. The summed E-state index contributed by atoms with van der Waals surface area (Å²) in [6.07, 6.45) is 1.64. The molecule has 0 radical (unpaired) electrons. The first-order chi connectivity index (χ1) is 17.9. The van der Waals surface area contributed by atoms with Crippen LogP contribution in [0.25, 0.3) is 33.2 Å². The van der Waals surface area contributed by atoms with Crippen LogP contribution in [0.2, 0.25) is 0 Å². The highest BCUT2D eigenvalue weighted by Gasteiger charge is 2.14. The van der Waals surface area contributed by atoms with Crippen molar-refractivity contribution in [2.24, 2.45) is 5.73 Å². The lowest BCUT2D eigenvalue weighted by Crippen LogP contribution is -2.05. The van der Waals surface area contributed by atoms with Gasteiger partial charge in [0.15, 0.2) is 0 Å². The molecule has 0 fully saturated rings. The number of nitrogens with zero attached hydrogens (tertiary/aromatic N) is 1. The van der Waals surface area contributed by atoms with Gasteiger partial charge in [0.2, 0.25) is 0 Å². The monoisotopic (exact) mass is 492 g/mol. The van der Waals surface area contributed by atoms with Crippen molar-refractivity contribution in [1.29, 1.82) is 0 Å². The maximum atomic E-state index is 11.5. The SMILES string of the molecule is Cc1cc(-c2ccc(CC(=O)O)c(OCc3cc(-c4cccc(CN)c4)c4oc(C)cc4c3)c2)ccn1. The average molecular weight is 493 g/mol. The third-order valence-electron chi connectivity index (χ3n) is 6.31. The van der Waals surface area contributed by atoms with Gasteiger partial charge in [-0.05, 0) is 84.1 Å². The van der Waals surface area contributed by atoms with Crippen molar-refractivity contribution in [1.82, 2.24) is 4.98 Å². The quantitative estimate of drug-likeness (QED) is 0.258. The Kier molecular flexibility index (Phi) is 6.75. The second kappa shape index (κ2) is 10.3. The van der Waals surface area contributed by atoms with Gasteiger partial charge in [-0.2, -0.15) is 0 Å². The van der Waals surface area contributed by atoms with Gasteiger partial charge in [-0.3, -0.25) is 9.78 Å². The number of carbonyl (C=O) groups is 1. The van der Waals surface area contributed by atoms with Crippen LogP contribution in [-0.4, -0.2) is 16.1 Å². The van der Waals surface area contributed by atoms with Gasteiger partial charge in [0.05, 0.1) is 6.42 Å². The highest BCUT2D eigenvalue weighted by atomic mass is 16.5. The van der Waals surface area contributed by atoms with Crippen molar-refractivity contribution in [3.63, 3.8) is 0 Å². The minimum Gasteiger partial charge on any atom is -0.489 e. The zero-order chi connectivity index (χ0) is 25.9. The number of aromatic nitrogens is 1. The van der Waals surface area contributed by atoms with E-state index in [0.29, 0.717) is 17.9 Å². The molecular weight excluding hydrogens is 464 g/mol. The molecule has 0 aliphatic carbocycles. The fourth-order valence-electron chi connectivity index (χ4n) is 4.57. The number of rotatable bonds is 8. The number of aryl methyl sites for hydroxylation is 2. The van der Waals surface area contributed by atoms with Crippen LogP contribution < -0.4 is 10.5 Å². The number of nitrogens with two attached hydrogens (primary N) is 1. The van der Waals surface area contributed by atoms with Gasteiger partial charge >= 0.3 is 5.97 Å². The molecule has 6 heteroatoms. The Hall–Kier alpha value is -4.42. The molecule has 3 N–H and O–H groups in total. The molecule has 2 heterocycles. The van der Waals surface area contributed by atoms with E-state index >= 15 is 0 Å². The van der Waals surface area contributed by atoms with E-state index in [4.69, 9.17) is 14.9 Å². The Bertz CT molecular complexity index is 1600. The molecule has 2 aromatic heterocycles. The Balaban J connectivity index is 1.52. The number of aliphatic carboxylic acids is 1. The normalized spacial score (nSPS) is 11.1. The molecule has 0 saturated heterocycles. The molecule has 0 saturated carbocycles. The maximum Gasteiger partial charge on any atom is 0.307 e. The summed E-state index contributed by atoms with van der Waals surface area (Å²) in [5.41, 5.74) is 14.1. The molecule has 5 rings (SSSR count). The van der Waals surface area contributed by atoms with E-state index in [9.17, 15) is 9.90 Å². The van der Waals surface area contributed by atoms with Crippen molar-refractivity contribution in [2.75, 3.05) is 0 Å². The van der Waals surface area contributed by atoms with E-state index in [1.54, 1.807) is 6.20 Å².